The molecule has 2 amide bonds. The van der Waals surface area contributed by atoms with Gasteiger partial charge in [0.05, 0.1) is 10.6 Å². The highest BCUT2D eigenvalue weighted by molar-refractivity contribution is 6.38. The number of rotatable bonds is 3. The molecule has 33 heavy (non-hydrogen) atoms. The predicted octanol–water partition coefficient (Wildman–Crippen LogP) is 5.70. The molecule has 1 aromatic carbocycles. The third kappa shape index (κ3) is 4.22. The van der Waals surface area contributed by atoms with Crippen molar-refractivity contribution in [2.75, 3.05) is 26.2 Å². The number of fused-ring (bicyclic) bond motifs is 1. The van der Waals surface area contributed by atoms with E-state index in [0.717, 1.165) is 38.4 Å². The molecular formula is C24H26ClF3N2O3. The van der Waals surface area contributed by atoms with E-state index in [-0.39, 0.29) is 33.9 Å². The molecule has 3 heterocycles. The minimum absolute atomic E-state index is 0.0766. The monoisotopic (exact) mass is 482 g/mol. The van der Waals surface area contributed by atoms with Crippen LogP contribution in [0, 0.1) is 11.8 Å². The molecule has 5 nitrogen and oxygen atoms in total. The van der Waals surface area contributed by atoms with Gasteiger partial charge in [-0.1, -0.05) is 18.5 Å². The van der Waals surface area contributed by atoms with Gasteiger partial charge in [0.15, 0.2) is 0 Å². The van der Waals surface area contributed by atoms with Gasteiger partial charge in [0.2, 0.25) is 11.7 Å². The van der Waals surface area contributed by atoms with Gasteiger partial charge in [0.25, 0.3) is 5.91 Å². The summed E-state index contributed by atoms with van der Waals surface area (Å²) in [4.78, 5) is 29.3. The Bertz CT molecular complexity index is 1100. The number of hydrogen-bond acceptors (Lipinski definition) is 3. The van der Waals surface area contributed by atoms with E-state index in [1.807, 2.05) is 4.90 Å². The Morgan fingerprint density at radius 3 is 2.27 bits per heavy atom. The molecule has 0 bridgehead atoms. The fourth-order valence-corrected chi connectivity index (χ4v) is 5.32. The van der Waals surface area contributed by atoms with Crippen LogP contribution in [0.1, 0.15) is 66.6 Å². The summed E-state index contributed by atoms with van der Waals surface area (Å²) in [5.74, 6) is -0.191. The Balaban J connectivity index is 1.36. The highest BCUT2D eigenvalue weighted by Gasteiger charge is 2.39. The smallest absolute Gasteiger partial charge is 0.420 e. The minimum atomic E-state index is -4.61. The first-order chi connectivity index (χ1) is 15.6. The SMILES string of the molecule is CC1CCN(C(=O)C2CCN(C(=O)c3oc4c(C(F)(F)F)cc(C5CC5)cc4c3Cl)CC2)C1. The number of carbonyl (C=O) groups excluding carboxylic acids is 2. The van der Waals surface area contributed by atoms with Crippen molar-refractivity contribution >= 4 is 34.4 Å². The number of furan rings is 1. The van der Waals surface area contributed by atoms with Gasteiger partial charge < -0.3 is 14.2 Å². The highest BCUT2D eigenvalue weighted by Crippen LogP contribution is 2.47. The molecule has 1 saturated carbocycles. The van der Waals surface area contributed by atoms with Crippen LogP contribution in [0.15, 0.2) is 16.5 Å². The zero-order valence-corrected chi connectivity index (χ0v) is 19.1. The van der Waals surface area contributed by atoms with Crippen LogP contribution in [-0.4, -0.2) is 47.8 Å². The number of alkyl halides is 3. The van der Waals surface area contributed by atoms with Gasteiger partial charge in [-0.15, -0.1) is 0 Å². The van der Waals surface area contributed by atoms with E-state index in [4.69, 9.17) is 16.0 Å². The van der Waals surface area contributed by atoms with Gasteiger partial charge in [0.1, 0.15) is 5.58 Å². The van der Waals surface area contributed by atoms with Crippen molar-refractivity contribution in [2.24, 2.45) is 11.8 Å². The average Bonchev–Trinajstić information content (AvgIpc) is 3.47. The van der Waals surface area contributed by atoms with Gasteiger partial charge in [-0.25, -0.2) is 0 Å². The van der Waals surface area contributed by atoms with E-state index in [1.165, 1.54) is 4.90 Å². The first-order valence-electron chi connectivity index (χ1n) is 11.5. The van der Waals surface area contributed by atoms with Crippen LogP contribution in [0.3, 0.4) is 0 Å². The molecular weight excluding hydrogens is 457 g/mol. The van der Waals surface area contributed by atoms with Crippen LogP contribution < -0.4 is 0 Å². The number of nitrogens with zero attached hydrogens (tertiary/aromatic N) is 2. The van der Waals surface area contributed by atoms with Crippen molar-refractivity contribution in [3.8, 4) is 0 Å². The summed E-state index contributed by atoms with van der Waals surface area (Å²) in [5, 5.41) is 0.0530. The van der Waals surface area contributed by atoms with E-state index in [2.05, 4.69) is 6.92 Å². The Labute approximate surface area is 194 Å². The van der Waals surface area contributed by atoms with Crippen molar-refractivity contribution in [3.05, 3.63) is 34.0 Å². The molecule has 5 rings (SSSR count). The van der Waals surface area contributed by atoms with E-state index in [0.29, 0.717) is 37.4 Å². The van der Waals surface area contributed by atoms with Crippen LogP contribution in [0.5, 0.6) is 0 Å². The Morgan fingerprint density at radius 2 is 1.70 bits per heavy atom. The Morgan fingerprint density at radius 1 is 1.03 bits per heavy atom. The molecule has 0 radical (unpaired) electrons. The Hall–Kier alpha value is -2.22. The fourth-order valence-electron chi connectivity index (χ4n) is 5.06. The molecule has 3 aliphatic rings. The molecule has 2 aromatic rings. The standard InChI is InChI=1S/C24H26ClF3N2O3/c1-13-4-7-30(12-13)22(31)15-5-8-29(9-6-15)23(32)21-19(25)17-10-16(14-2-3-14)11-18(20(17)33-21)24(26,27)28/h10-11,13-15H,2-9,12H2,1H3. The zero-order valence-electron chi connectivity index (χ0n) is 18.4. The van der Waals surface area contributed by atoms with Gasteiger partial charge >= 0.3 is 6.18 Å². The summed E-state index contributed by atoms with van der Waals surface area (Å²) in [6.45, 7) is 4.36. The number of piperidine rings is 1. The molecule has 0 N–H and O–H groups in total. The normalized spacial score (nSPS) is 22.4. The Kier molecular flexibility index (Phi) is 5.62. The fraction of sp³-hybridized carbons (Fsp3) is 0.583. The molecule has 1 unspecified atom stereocenters. The first-order valence-corrected chi connectivity index (χ1v) is 11.9. The topological polar surface area (TPSA) is 53.8 Å². The molecule has 0 spiro atoms. The third-order valence-corrected chi connectivity index (χ3v) is 7.54. The maximum absolute atomic E-state index is 13.7. The summed E-state index contributed by atoms with van der Waals surface area (Å²) < 4.78 is 46.6. The van der Waals surface area contributed by atoms with Crippen LogP contribution in [-0.2, 0) is 11.0 Å². The molecule has 9 heteroatoms. The molecule has 1 aliphatic carbocycles. The summed E-state index contributed by atoms with van der Waals surface area (Å²) in [5.41, 5.74) is -0.715. The number of carbonyl (C=O) groups is 2. The van der Waals surface area contributed by atoms with Gasteiger partial charge in [-0.05, 0) is 61.6 Å². The van der Waals surface area contributed by atoms with Crippen LogP contribution in [0.4, 0.5) is 13.2 Å². The minimum Gasteiger partial charge on any atom is -0.449 e. The van der Waals surface area contributed by atoms with Crippen molar-refractivity contribution in [3.63, 3.8) is 0 Å². The molecule has 1 aromatic heterocycles. The summed E-state index contributed by atoms with van der Waals surface area (Å²) >= 11 is 6.40. The van der Waals surface area contributed by atoms with Gasteiger partial charge in [0, 0.05) is 37.5 Å². The maximum atomic E-state index is 13.7. The van der Waals surface area contributed by atoms with Gasteiger partial charge in [-0.3, -0.25) is 9.59 Å². The second-order valence-electron chi connectivity index (χ2n) is 9.71. The first kappa shape index (κ1) is 22.6. The lowest BCUT2D eigenvalue weighted by Crippen LogP contribution is -2.43. The summed E-state index contributed by atoms with van der Waals surface area (Å²) in [7, 11) is 0. The number of likely N-dealkylation sites (tertiary alicyclic amines) is 2. The van der Waals surface area contributed by atoms with Crippen molar-refractivity contribution in [2.45, 2.75) is 51.1 Å². The van der Waals surface area contributed by atoms with Crippen molar-refractivity contribution < 1.29 is 27.2 Å². The average molecular weight is 483 g/mol. The highest BCUT2D eigenvalue weighted by atomic mass is 35.5. The van der Waals surface area contributed by atoms with E-state index < -0.39 is 23.2 Å². The number of amides is 2. The quantitative estimate of drug-likeness (QED) is 0.563. The number of benzene rings is 1. The predicted molar refractivity (Wildman–Crippen MR) is 117 cm³/mol. The lowest BCUT2D eigenvalue weighted by atomic mass is 9.95. The summed E-state index contributed by atoms with van der Waals surface area (Å²) in [6.07, 6.45) is -0.881. The van der Waals surface area contributed by atoms with E-state index in [9.17, 15) is 22.8 Å². The third-order valence-electron chi connectivity index (χ3n) is 7.17. The molecule has 178 valence electrons. The number of halogens is 4. The van der Waals surface area contributed by atoms with E-state index >= 15 is 0 Å². The van der Waals surface area contributed by atoms with Crippen LogP contribution in [0.25, 0.3) is 11.0 Å². The second kappa shape index (κ2) is 8.22. The number of hydrogen-bond donors (Lipinski definition) is 0. The molecule has 2 saturated heterocycles. The van der Waals surface area contributed by atoms with Crippen molar-refractivity contribution in [1.82, 2.24) is 9.80 Å². The second-order valence-corrected chi connectivity index (χ2v) is 10.1. The van der Waals surface area contributed by atoms with Gasteiger partial charge in [-0.2, -0.15) is 13.2 Å². The lowest BCUT2D eigenvalue weighted by Gasteiger charge is -2.32. The van der Waals surface area contributed by atoms with Crippen LogP contribution in [0.2, 0.25) is 5.02 Å². The largest absolute Gasteiger partial charge is 0.449 e. The van der Waals surface area contributed by atoms with Crippen molar-refractivity contribution in [1.29, 1.82) is 0 Å². The lowest BCUT2D eigenvalue weighted by molar-refractivity contribution is -0.137. The summed E-state index contributed by atoms with van der Waals surface area (Å²) in [6, 6.07) is 2.73. The van der Waals surface area contributed by atoms with E-state index in [1.54, 1.807) is 6.07 Å². The zero-order chi connectivity index (χ0) is 23.5. The molecule has 3 fully saturated rings. The maximum Gasteiger partial charge on any atom is 0.420 e. The molecule has 1 atom stereocenters. The molecule has 2 aliphatic heterocycles. The van der Waals surface area contributed by atoms with Crippen LogP contribution >= 0.6 is 11.6 Å².